The molecule has 1 aliphatic heterocycles. The third kappa shape index (κ3) is 5.39. The van der Waals surface area contributed by atoms with Crippen LogP contribution in [0.5, 0.6) is 0 Å². The quantitative estimate of drug-likeness (QED) is 0.855. The van der Waals surface area contributed by atoms with Crippen molar-refractivity contribution in [3.63, 3.8) is 0 Å². The van der Waals surface area contributed by atoms with Crippen molar-refractivity contribution in [1.82, 2.24) is 4.90 Å². The lowest BCUT2D eigenvalue weighted by Gasteiger charge is -2.36. The van der Waals surface area contributed by atoms with Gasteiger partial charge in [-0.25, -0.2) is 4.79 Å². The van der Waals surface area contributed by atoms with Gasteiger partial charge in [0.2, 0.25) is 0 Å². The van der Waals surface area contributed by atoms with Crippen LogP contribution in [0, 0.1) is 11.8 Å². The van der Waals surface area contributed by atoms with E-state index in [1.54, 1.807) is 0 Å². The molecule has 0 radical (unpaired) electrons. The lowest BCUT2D eigenvalue weighted by molar-refractivity contribution is 0.0150. The van der Waals surface area contributed by atoms with Gasteiger partial charge in [0.05, 0.1) is 0 Å². The summed E-state index contributed by atoms with van der Waals surface area (Å²) in [4.78, 5) is 13.8. The number of ether oxygens (including phenoxy) is 1. The van der Waals surface area contributed by atoms with Crippen molar-refractivity contribution < 1.29 is 14.6 Å². The van der Waals surface area contributed by atoms with Gasteiger partial charge < -0.3 is 14.7 Å². The van der Waals surface area contributed by atoms with E-state index in [0.717, 1.165) is 38.8 Å². The largest absolute Gasteiger partial charge is 0.444 e. The van der Waals surface area contributed by atoms with Crippen molar-refractivity contribution >= 4 is 6.09 Å². The van der Waals surface area contributed by atoms with Gasteiger partial charge in [0.1, 0.15) is 5.60 Å². The van der Waals surface area contributed by atoms with Crippen molar-refractivity contribution in [2.75, 3.05) is 19.7 Å². The summed E-state index contributed by atoms with van der Waals surface area (Å²) >= 11 is 0. The van der Waals surface area contributed by atoms with Crippen LogP contribution in [0.25, 0.3) is 0 Å². The van der Waals surface area contributed by atoms with Crippen molar-refractivity contribution in [3.8, 4) is 0 Å². The minimum atomic E-state index is -0.420. The van der Waals surface area contributed by atoms with Gasteiger partial charge in [0, 0.05) is 19.7 Å². The average molecular weight is 271 g/mol. The average Bonchev–Trinajstić information content (AvgIpc) is 2.34. The summed E-state index contributed by atoms with van der Waals surface area (Å²) in [5, 5.41) is 9.08. The van der Waals surface area contributed by atoms with Gasteiger partial charge in [-0.3, -0.25) is 0 Å². The number of hydrogen-bond donors (Lipinski definition) is 1. The molecule has 19 heavy (non-hydrogen) atoms. The van der Waals surface area contributed by atoms with Crippen LogP contribution < -0.4 is 0 Å². The van der Waals surface area contributed by atoms with Gasteiger partial charge in [-0.1, -0.05) is 13.3 Å². The van der Waals surface area contributed by atoms with Crippen molar-refractivity contribution in [3.05, 3.63) is 0 Å². The van der Waals surface area contributed by atoms with E-state index < -0.39 is 5.60 Å². The van der Waals surface area contributed by atoms with E-state index in [4.69, 9.17) is 9.84 Å². The molecule has 0 aromatic carbocycles. The fraction of sp³-hybridized carbons (Fsp3) is 0.933. The Balaban J connectivity index is 2.42. The first-order valence-electron chi connectivity index (χ1n) is 7.46. The Morgan fingerprint density at radius 3 is 2.37 bits per heavy atom. The molecule has 1 unspecified atom stereocenters. The molecule has 112 valence electrons. The molecule has 1 fully saturated rings. The number of aliphatic hydroxyl groups excluding tert-OH is 1. The van der Waals surface area contributed by atoms with Crippen LogP contribution in [0.4, 0.5) is 4.79 Å². The van der Waals surface area contributed by atoms with Gasteiger partial charge in [0.25, 0.3) is 0 Å². The van der Waals surface area contributed by atoms with E-state index >= 15 is 0 Å². The number of carbonyl (C=O) groups is 1. The second kappa shape index (κ2) is 7.13. The molecular weight excluding hydrogens is 242 g/mol. The second-order valence-electron chi connectivity index (χ2n) is 6.49. The van der Waals surface area contributed by atoms with Crippen LogP contribution in [0.1, 0.15) is 53.4 Å². The number of amides is 1. The van der Waals surface area contributed by atoms with Gasteiger partial charge in [-0.2, -0.15) is 0 Å². The van der Waals surface area contributed by atoms with E-state index in [9.17, 15) is 4.79 Å². The van der Waals surface area contributed by atoms with Crippen LogP contribution in [-0.2, 0) is 4.74 Å². The van der Waals surface area contributed by atoms with E-state index in [0.29, 0.717) is 11.8 Å². The zero-order chi connectivity index (χ0) is 14.5. The lowest BCUT2D eigenvalue weighted by atomic mass is 9.81. The predicted molar refractivity (Wildman–Crippen MR) is 76.0 cm³/mol. The molecule has 1 rings (SSSR count). The highest BCUT2D eigenvalue weighted by atomic mass is 16.6. The summed E-state index contributed by atoms with van der Waals surface area (Å²) < 4.78 is 5.39. The fourth-order valence-electron chi connectivity index (χ4n) is 2.82. The Kier molecular flexibility index (Phi) is 6.11. The first-order chi connectivity index (χ1) is 8.87. The number of carbonyl (C=O) groups excluding carboxylic acids is 1. The maximum Gasteiger partial charge on any atom is 0.410 e. The van der Waals surface area contributed by atoms with Gasteiger partial charge >= 0.3 is 6.09 Å². The number of likely N-dealkylation sites (tertiary alicyclic amines) is 1. The molecule has 1 heterocycles. The Hall–Kier alpha value is -0.770. The van der Waals surface area contributed by atoms with Crippen LogP contribution >= 0.6 is 0 Å². The Morgan fingerprint density at radius 2 is 1.95 bits per heavy atom. The van der Waals surface area contributed by atoms with Crippen LogP contribution in [0.2, 0.25) is 0 Å². The Labute approximate surface area is 117 Å². The van der Waals surface area contributed by atoms with Crippen LogP contribution in [0.3, 0.4) is 0 Å². The molecule has 0 aromatic heterocycles. The summed E-state index contributed by atoms with van der Waals surface area (Å²) in [5.74, 6) is 1.22. The SMILES string of the molecule is CCC(CCO)C1CCN(C(=O)OC(C)(C)C)CC1. The van der Waals surface area contributed by atoms with E-state index in [2.05, 4.69) is 6.92 Å². The highest BCUT2D eigenvalue weighted by Gasteiger charge is 2.29. The maximum absolute atomic E-state index is 11.9. The molecule has 1 aliphatic rings. The Bertz CT molecular complexity index is 278. The molecule has 4 nitrogen and oxygen atoms in total. The van der Waals surface area contributed by atoms with E-state index in [1.807, 2.05) is 25.7 Å². The molecule has 4 heteroatoms. The minimum Gasteiger partial charge on any atom is -0.444 e. The second-order valence-corrected chi connectivity index (χ2v) is 6.49. The molecule has 0 bridgehead atoms. The zero-order valence-electron chi connectivity index (χ0n) is 12.8. The molecule has 1 saturated heterocycles. The van der Waals surface area contributed by atoms with Crippen molar-refractivity contribution in [2.45, 2.75) is 59.0 Å². The molecule has 1 atom stereocenters. The third-order valence-electron chi connectivity index (χ3n) is 3.88. The lowest BCUT2D eigenvalue weighted by Crippen LogP contribution is -2.42. The Morgan fingerprint density at radius 1 is 1.37 bits per heavy atom. The molecule has 1 N–H and O–H groups in total. The summed E-state index contributed by atoms with van der Waals surface area (Å²) in [7, 11) is 0. The zero-order valence-corrected chi connectivity index (χ0v) is 12.8. The summed E-state index contributed by atoms with van der Waals surface area (Å²) in [6.45, 7) is 9.69. The maximum atomic E-state index is 11.9. The first kappa shape index (κ1) is 16.3. The number of piperidine rings is 1. The normalized spacial score (nSPS) is 19.3. The minimum absolute atomic E-state index is 0.193. The first-order valence-corrected chi connectivity index (χ1v) is 7.46. The third-order valence-corrected chi connectivity index (χ3v) is 3.88. The standard InChI is InChI=1S/C15H29NO3/c1-5-12(8-11-17)13-6-9-16(10-7-13)14(18)19-15(2,3)4/h12-13,17H,5-11H2,1-4H3. The summed E-state index contributed by atoms with van der Waals surface area (Å²) in [6, 6.07) is 0. The van der Waals surface area contributed by atoms with Gasteiger partial charge in [-0.05, 0) is 51.9 Å². The number of rotatable bonds is 4. The van der Waals surface area contributed by atoms with Gasteiger partial charge in [0.15, 0.2) is 0 Å². The monoisotopic (exact) mass is 271 g/mol. The predicted octanol–water partition coefficient (Wildman–Crippen LogP) is 3.04. The fourth-order valence-corrected chi connectivity index (χ4v) is 2.82. The van der Waals surface area contributed by atoms with Gasteiger partial charge in [-0.15, -0.1) is 0 Å². The molecule has 0 aromatic rings. The number of aliphatic hydroxyl groups is 1. The van der Waals surface area contributed by atoms with Crippen molar-refractivity contribution in [1.29, 1.82) is 0 Å². The summed E-state index contributed by atoms with van der Waals surface area (Å²) in [6.07, 6.45) is 3.85. The van der Waals surface area contributed by atoms with Crippen molar-refractivity contribution in [2.24, 2.45) is 11.8 Å². The molecule has 0 saturated carbocycles. The summed E-state index contributed by atoms with van der Waals surface area (Å²) in [5.41, 5.74) is -0.420. The van der Waals surface area contributed by atoms with E-state index in [-0.39, 0.29) is 12.7 Å². The van der Waals surface area contributed by atoms with E-state index in [1.165, 1.54) is 0 Å². The number of nitrogens with zero attached hydrogens (tertiary/aromatic N) is 1. The molecule has 1 amide bonds. The molecular formula is C15H29NO3. The topological polar surface area (TPSA) is 49.8 Å². The van der Waals surface area contributed by atoms with Crippen LogP contribution in [0.15, 0.2) is 0 Å². The van der Waals surface area contributed by atoms with Crippen LogP contribution in [-0.4, -0.2) is 41.4 Å². The highest BCUT2D eigenvalue weighted by Crippen LogP contribution is 2.30. The highest BCUT2D eigenvalue weighted by molar-refractivity contribution is 5.68. The molecule has 0 aliphatic carbocycles. The smallest absolute Gasteiger partial charge is 0.410 e. The molecule has 0 spiro atoms. The number of hydrogen-bond acceptors (Lipinski definition) is 3.